The molecule has 1 aromatic heterocycles. The second kappa shape index (κ2) is 4.94. The van der Waals surface area contributed by atoms with Crippen molar-refractivity contribution in [1.82, 2.24) is 9.78 Å². The number of amides is 1. The van der Waals surface area contributed by atoms with Gasteiger partial charge in [0, 0.05) is 30.9 Å². The molecule has 1 saturated carbocycles. The third kappa shape index (κ3) is 2.21. The van der Waals surface area contributed by atoms with Crippen LogP contribution in [0.5, 0.6) is 0 Å². The van der Waals surface area contributed by atoms with E-state index in [9.17, 15) is 14.7 Å². The van der Waals surface area contributed by atoms with Gasteiger partial charge in [0.2, 0.25) is 0 Å². The molecule has 6 heteroatoms. The van der Waals surface area contributed by atoms with Gasteiger partial charge in [0.1, 0.15) is 5.92 Å². The maximum absolute atomic E-state index is 12.8. The maximum Gasteiger partial charge on any atom is 0.312 e. The van der Waals surface area contributed by atoms with Crippen LogP contribution in [0.25, 0.3) is 0 Å². The first-order chi connectivity index (χ1) is 11.1. The molecule has 1 unspecified atom stereocenters. The smallest absolute Gasteiger partial charge is 0.312 e. The molecule has 1 fully saturated rings. The zero-order chi connectivity index (χ0) is 16.1. The van der Waals surface area contributed by atoms with Crippen LogP contribution >= 0.6 is 0 Å². The van der Waals surface area contributed by atoms with E-state index in [1.54, 1.807) is 22.9 Å². The molecule has 23 heavy (non-hydrogen) atoms. The number of fused-ring (bicyclic) bond motifs is 1. The Kier molecular flexibility index (Phi) is 3.01. The molecule has 0 bridgehead atoms. The number of anilines is 1. The highest BCUT2D eigenvalue weighted by atomic mass is 16.4. The molecule has 1 aliphatic heterocycles. The van der Waals surface area contributed by atoms with E-state index in [0.717, 1.165) is 18.5 Å². The summed E-state index contributed by atoms with van der Waals surface area (Å²) < 4.78 is 1.77. The zero-order valence-electron chi connectivity index (χ0n) is 12.8. The number of aromatic nitrogens is 2. The second-order valence-corrected chi connectivity index (χ2v) is 6.22. The van der Waals surface area contributed by atoms with Gasteiger partial charge in [-0.2, -0.15) is 5.10 Å². The third-order valence-electron chi connectivity index (χ3n) is 4.64. The molecule has 0 spiro atoms. The van der Waals surface area contributed by atoms with E-state index >= 15 is 0 Å². The summed E-state index contributed by atoms with van der Waals surface area (Å²) in [5, 5.41) is 13.7. The lowest BCUT2D eigenvalue weighted by atomic mass is 10.0. The van der Waals surface area contributed by atoms with Gasteiger partial charge in [-0.05, 0) is 30.5 Å². The number of carboxylic acids is 1. The van der Waals surface area contributed by atoms with E-state index in [4.69, 9.17) is 0 Å². The minimum Gasteiger partial charge on any atom is -0.481 e. The van der Waals surface area contributed by atoms with Crippen molar-refractivity contribution in [3.05, 3.63) is 47.3 Å². The number of carbonyl (C=O) groups is 2. The van der Waals surface area contributed by atoms with Crippen LogP contribution in [0, 0.1) is 0 Å². The van der Waals surface area contributed by atoms with Gasteiger partial charge in [-0.15, -0.1) is 0 Å². The topological polar surface area (TPSA) is 75.4 Å². The summed E-state index contributed by atoms with van der Waals surface area (Å²) in [6.07, 6.45) is 2.28. The number of carboxylic acid groups (broad SMARTS) is 1. The number of nitrogens with zero attached hydrogens (tertiary/aromatic N) is 3. The largest absolute Gasteiger partial charge is 0.481 e. The molecule has 1 N–H and O–H groups in total. The van der Waals surface area contributed by atoms with Crippen LogP contribution in [0.15, 0.2) is 30.3 Å². The highest BCUT2D eigenvalue weighted by Crippen LogP contribution is 2.41. The van der Waals surface area contributed by atoms with Crippen molar-refractivity contribution >= 4 is 17.6 Å². The Morgan fingerprint density at radius 1 is 1.26 bits per heavy atom. The Morgan fingerprint density at radius 2 is 2.00 bits per heavy atom. The normalized spacial score (nSPS) is 19.7. The first-order valence-electron chi connectivity index (χ1n) is 7.74. The van der Waals surface area contributed by atoms with Crippen LogP contribution in [0.3, 0.4) is 0 Å². The fraction of sp³-hybridized carbons (Fsp3) is 0.353. The molecule has 4 rings (SSSR count). The van der Waals surface area contributed by atoms with Crippen molar-refractivity contribution < 1.29 is 14.7 Å². The van der Waals surface area contributed by atoms with E-state index in [-0.39, 0.29) is 12.5 Å². The minimum absolute atomic E-state index is 0.156. The summed E-state index contributed by atoms with van der Waals surface area (Å²) >= 11 is 0. The van der Waals surface area contributed by atoms with Crippen molar-refractivity contribution in [2.24, 2.45) is 7.05 Å². The molecule has 2 heterocycles. The van der Waals surface area contributed by atoms with Crippen LogP contribution in [-0.4, -0.2) is 33.3 Å². The van der Waals surface area contributed by atoms with Gasteiger partial charge in [-0.1, -0.05) is 18.2 Å². The van der Waals surface area contributed by atoms with Gasteiger partial charge < -0.3 is 10.0 Å². The minimum atomic E-state index is -0.910. The van der Waals surface area contributed by atoms with Crippen molar-refractivity contribution in [3.8, 4) is 0 Å². The van der Waals surface area contributed by atoms with Crippen LogP contribution in [-0.2, 0) is 11.8 Å². The quantitative estimate of drug-likeness (QED) is 0.942. The van der Waals surface area contributed by atoms with Gasteiger partial charge in [0.25, 0.3) is 5.91 Å². The van der Waals surface area contributed by atoms with Crippen molar-refractivity contribution in [2.45, 2.75) is 24.7 Å². The molecular formula is C17H17N3O3. The number of hydrogen-bond donors (Lipinski definition) is 1. The molecule has 2 aromatic rings. The first kappa shape index (κ1) is 14.0. The van der Waals surface area contributed by atoms with Gasteiger partial charge in [-0.25, -0.2) is 0 Å². The molecule has 2 aliphatic rings. The van der Waals surface area contributed by atoms with Gasteiger partial charge in [-0.3, -0.25) is 14.3 Å². The van der Waals surface area contributed by atoms with E-state index in [2.05, 4.69) is 5.10 Å². The van der Waals surface area contributed by atoms with Crippen LogP contribution in [0.4, 0.5) is 5.69 Å². The number of aliphatic carboxylic acids is 1. The lowest BCUT2D eigenvalue weighted by Crippen LogP contribution is -2.31. The SMILES string of the molecule is Cn1nc(C(=O)N2CC(C(=O)O)c3ccccc32)cc1C1CC1. The predicted molar refractivity (Wildman–Crippen MR) is 83.7 cm³/mol. The number of para-hydroxylation sites is 1. The molecule has 0 saturated heterocycles. The standard InChI is InChI=1S/C17H17N3O3/c1-19-15(10-6-7-10)8-13(18-19)16(21)20-9-12(17(22)23)11-4-2-3-5-14(11)20/h2-5,8,10,12H,6-7,9H2,1H3,(H,22,23). The lowest BCUT2D eigenvalue weighted by molar-refractivity contribution is -0.138. The summed E-state index contributed by atoms with van der Waals surface area (Å²) in [5.74, 6) is -1.32. The molecule has 6 nitrogen and oxygen atoms in total. The summed E-state index contributed by atoms with van der Waals surface area (Å²) in [6, 6.07) is 9.03. The Bertz CT molecular complexity index is 807. The van der Waals surface area contributed by atoms with Crippen molar-refractivity contribution in [1.29, 1.82) is 0 Å². The molecule has 1 atom stereocenters. The zero-order valence-corrected chi connectivity index (χ0v) is 12.8. The Morgan fingerprint density at radius 3 is 2.70 bits per heavy atom. The fourth-order valence-electron chi connectivity index (χ4n) is 3.30. The van der Waals surface area contributed by atoms with Crippen LogP contribution in [0.2, 0.25) is 0 Å². The molecule has 1 aromatic carbocycles. The van der Waals surface area contributed by atoms with Gasteiger partial charge in [0.15, 0.2) is 5.69 Å². The summed E-state index contributed by atoms with van der Waals surface area (Å²) in [7, 11) is 1.85. The number of carbonyl (C=O) groups excluding carboxylic acids is 1. The predicted octanol–water partition coefficient (Wildman–Crippen LogP) is 2.13. The second-order valence-electron chi connectivity index (χ2n) is 6.22. The van der Waals surface area contributed by atoms with E-state index in [1.165, 1.54) is 4.90 Å². The summed E-state index contributed by atoms with van der Waals surface area (Å²) in [5.41, 5.74) is 2.82. The molecule has 118 valence electrons. The third-order valence-corrected chi connectivity index (χ3v) is 4.64. The molecule has 1 amide bonds. The Balaban J connectivity index is 1.69. The monoisotopic (exact) mass is 311 g/mol. The Hall–Kier alpha value is -2.63. The molecule has 0 radical (unpaired) electrons. The number of aryl methyl sites for hydroxylation is 1. The molecule has 1 aliphatic carbocycles. The van der Waals surface area contributed by atoms with Crippen molar-refractivity contribution in [2.75, 3.05) is 11.4 Å². The van der Waals surface area contributed by atoms with Crippen LogP contribution < -0.4 is 4.90 Å². The van der Waals surface area contributed by atoms with E-state index in [1.807, 2.05) is 19.2 Å². The number of hydrogen-bond acceptors (Lipinski definition) is 3. The fourth-order valence-corrected chi connectivity index (χ4v) is 3.30. The highest BCUT2D eigenvalue weighted by molar-refractivity contribution is 6.07. The Labute approximate surface area is 133 Å². The average Bonchev–Trinajstić information content (AvgIpc) is 3.19. The first-order valence-corrected chi connectivity index (χ1v) is 7.74. The van der Waals surface area contributed by atoms with Gasteiger partial charge >= 0.3 is 5.97 Å². The lowest BCUT2D eigenvalue weighted by Gasteiger charge is -2.15. The number of benzene rings is 1. The number of rotatable bonds is 3. The maximum atomic E-state index is 12.8. The highest BCUT2D eigenvalue weighted by Gasteiger charge is 2.38. The van der Waals surface area contributed by atoms with Crippen LogP contribution in [0.1, 0.15) is 46.4 Å². The van der Waals surface area contributed by atoms with Crippen molar-refractivity contribution in [3.63, 3.8) is 0 Å². The van der Waals surface area contributed by atoms with E-state index < -0.39 is 11.9 Å². The van der Waals surface area contributed by atoms with E-state index in [0.29, 0.717) is 22.9 Å². The summed E-state index contributed by atoms with van der Waals surface area (Å²) in [4.78, 5) is 25.8. The summed E-state index contributed by atoms with van der Waals surface area (Å²) in [6.45, 7) is 0.156. The van der Waals surface area contributed by atoms with Gasteiger partial charge in [0.05, 0.1) is 0 Å². The molecular weight excluding hydrogens is 294 g/mol. The average molecular weight is 311 g/mol.